The van der Waals surface area contributed by atoms with Gasteiger partial charge in [-0.2, -0.15) is 0 Å². The predicted octanol–water partition coefficient (Wildman–Crippen LogP) is 3.24. The zero-order valence-corrected chi connectivity index (χ0v) is 11.8. The molecule has 2 rings (SSSR count). The topological polar surface area (TPSA) is 29.3 Å². The van der Waals surface area contributed by atoms with Gasteiger partial charge >= 0.3 is 0 Å². The van der Waals surface area contributed by atoms with Crippen molar-refractivity contribution in [3.8, 4) is 0 Å². The van der Waals surface area contributed by atoms with Crippen molar-refractivity contribution in [2.24, 2.45) is 5.73 Å². The summed E-state index contributed by atoms with van der Waals surface area (Å²) in [6.45, 7) is 0.476. The Morgan fingerprint density at radius 3 is 2.35 bits per heavy atom. The van der Waals surface area contributed by atoms with Crippen molar-refractivity contribution in [1.82, 2.24) is 0 Å². The van der Waals surface area contributed by atoms with Crippen LogP contribution in [0.25, 0.3) is 0 Å². The van der Waals surface area contributed by atoms with Gasteiger partial charge in [-0.25, -0.2) is 8.78 Å². The minimum absolute atomic E-state index is 0.0747. The molecule has 2 N–H and O–H groups in total. The smallest absolute Gasteiger partial charge is 0.182 e. The van der Waals surface area contributed by atoms with Crippen LogP contribution in [0.2, 0.25) is 0 Å². The van der Waals surface area contributed by atoms with Crippen LogP contribution in [0.15, 0.2) is 42.5 Å². The van der Waals surface area contributed by atoms with E-state index in [0.717, 1.165) is 5.56 Å². The standard InChI is InChI=1S/C15H14F2N2S/c1-19(9-10-5-3-2-4-6-10)12-8-7-11(15(18)20)13(16)14(12)17/h2-8H,9H2,1H3,(H2,18,20). The van der Waals surface area contributed by atoms with Crippen molar-refractivity contribution in [2.45, 2.75) is 6.54 Å². The van der Waals surface area contributed by atoms with Gasteiger partial charge in [-0.05, 0) is 17.7 Å². The van der Waals surface area contributed by atoms with E-state index in [9.17, 15) is 8.78 Å². The van der Waals surface area contributed by atoms with Gasteiger partial charge in [0.1, 0.15) is 4.99 Å². The Morgan fingerprint density at radius 1 is 1.10 bits per heavy atom. The summed E-state index contributed by atoms with van der Waals surface area (Å²) in [7, 11) is 1.70. The van der Waals surface area contributed by atoms with E-state index in [0.29, 0.717) is 6.54 Å². The summed E-state index contributed by atoms with van der Waals surface area (Å²) in [5.41, 5.74) is 6.45. The molecule has 0 heterocycles. The highest BCUT2D eigenvalue weighted by Crippen LogP contribution is 2.24. The summed E-state index contributed by atoms with van der Waals surface area (Å²) in [5, 5.41) is 0. The molecule has 0 fully saturated rings. The number of halogens is 2. The minimum atomic E-state index is -1.00. The van der Waals surface area contributed by atoms with Gasteiger partial charge < -0.3 is 10.6 Å². The van der Waals surface area contributed by atoms with Crippen molar-refractivity contribution in [3.05, 3.63) is 65.2 Å². The second-order valence-electron chi connectivity index (χ2n) is 4.47. The van der Waals surface area contributed by atoms with Gasteiger partial charge in [-0.15, -0.1) is 0 Å². The summed E-state index contributed by atoms with van der Waals surface area (Å²) in [6, 6.07) is 12.4. The molecule has 0 saturated heterocycles. The highest BCUT2D eigenvalue weighted by atomic mass is 32.1. The monoisotopic (exact) mass is 292 g/mol. The van der Waals surface area contributed by atoms with Crippen LogP contribution in [0.4, 0.5) is 14.5 Å². The highest BCUT2D eigenvalue weighted by molar-refractivity contribution is 7.80. The number of rotatable bonds is 4. The lowest BCUT2D eigenvalue weighted by molar-refractivity contribution is 0.506. The van der Waals surface area contributed by atoms with Crippen LogP contribution in [0.3, 0.4) is 0 Å². The van der Waals surface area contributed by atoms with E-state index < -0.39 is 11.6 Å². The molecule has 5 heteroatoms. The first-order valence-corrected chi connectivity index (χ1v) is 6.44. The van der Waals surface area contributed by atoms with Gasteiger partial charge in [0, 0.05) is 19.2 Å². The molecule has 0 radical (unpaired) electrons. The zero-order chi connectivity index (χ0) is 14.7. The van der Waals surface area contributed by atoms with Gasteiger partial charge in [0.05, 0.1) is 5.69 Å². The second-order valence-corrected chi connectivity index (χ2v) is 4.91. The molecule has 2 aromatic rings. The Hall–Kier alpha value is -2.01. The molecular weight excluding hydrogens is 278 g/mol. The molecule has 0 spiro atoms. The number of hydrogen-bond donors (Lipinski definition) is 1. The van der Waals surface area contributed by atoms with E-state index in [-0.39, 0.29) is 16.2 Å². The number of nitrogens with two attached hydrogens (primary N) is 1. The fourth-order valence-corrected chi connectivity index (χ4v) is 2.12. The highest BCUT2D eigenvalue weighted by Gasteiger charge is 2.17. The molecule has 0 unspecified atom stereocenters. The van der Waals surface area contributed by atoms with Crippen LogP contribution in [-0.2, 0) is 6.54 Å². The molecular formula is C15H14F2N2S. The number of benzene rings is 2. The molecule has 0 amide bonds. The molecule has 0 aliphatic heterocycles. The lowest BCUT2D eigenvalue weighted by Gasteiger charge is -2.21. The number of anilines is 1. The third-order valence-corrected chi connectivity index (χ3v) is 3.22. The van der Waals surface area contributed by atoms with Gasteiger partial charge in [-0.1, -0.05) is 42.5 Å². The summed E-state index contributed by atoms with van der Waals surface area (Å²) in [4.78, 5) is 1.48. The van der Waals surface area contributed by atoms with Crippen molar-refractivity contribution < 1.29 is 8.78 Å². The normalized spacial score (nSPS) is 10.3. The number of thiocarbonyl (C=S) groups is 1. The maximum Gasteiger partial charge on any atom is 0.182 e. The predicted molar refractivity (Wildman–Crippen MR) is 80.8 cm³/mol. The van der Waals surface area contributed by atoms with Crippen molar-refractivity contribution in [1.29, 1.82) is 0 Å². The molecule has 0 saturated carbocycles. The molecule has 0 aromatic heterocycles. The Morgan fingerprint density at radius 2 is 1.75 bits per heavy atom. The van der Waals surface area contributed by atoms with Gasteiger partial charge in [0.2, 0.25) is 0 Å². The van der Waals surface area contributed by atoms with E-state index in [1.54, 1.807) is 11.9 Å². The average Bonchev–Trinajstić information content (AvgIpc) is 2.42. The van der Waals surface area contributed by atoms with E-state index >= 15 is 0 Å². The second kappa shape index (κ2) is 5.96. The van der Waals surface area contributed by atoms with Crippen LogP contribution in [0, 0.1) is 11.6 Å². The van der Waals surface area contributed by atoms with Crippen LogP contribution >= 0.6 is 12.2 Å². The third-order valence-electron chi connectivity index (χ3n) is 3.00. The van der Waals surface area contributed by atoms with E-state index in [2.05, 4.69) is 12.2 Å². The fourth-order valence-electron chi connectivity index (χ4n) is 1.97. The summed E-state index contributed by atoms with van der Waals surface area (Å²) < 4.78 is 27.9. The molecule has 2 nitrogen and oxygen atoms in total. The quantitative estimate of drug-likeness (QED) is 0.877. The molecule has 2 aromatic carbocycles. The van der Waals surface area contributed by atoms with Gasteiger partial charge in [0.15, 0.2) is 11.6 Å². The molecule has 0 bridgehead atoms. The Kier molecular flexibility index (Phi) is 4.29. The molecule has 0 aliphatic carbocycles. The van der Waals surface area contributed by atoms with Crippen LogP contribution in [-0.4, -0.2) is 12.0 Å². The van der Waals surface area contributed by atoms with E-state index in [1.807, 2.05) is 30.3 Å². The zero-order valence-electron chi connectivity index (χ0n) is 10.9. The first-order valence-electron chi connectivity index (χ1n) is 6.03. The molecule has 0 aliphatic rings. The lowest BCUT2D eigenvalue weighted by Crippen LogP contribution is -2.20. The van der Waals surface area contributed by atoms with Crippen molar-refractivity contribution in [3.63, 3.8) is 0 Å². The Balaban J connectivity index is 2.29. The Bertz CT molecular complexity index is 629. The molecule has 104 valence electrons. The van der Waals surface area contributed by atoms with Crippen LogP contribution < -0.4 is 10.6 Å². The van der Waals surface area contributed by atoms with Crippen LogP contribution in [0.1, 0.15) is 11.1 Å². The van der Waals surface area contributed by atoms with Gasteiger partial charge in [-0.3, -0.25) is 0 Å². The average molecular weight is 292 g/mol. The summed E-state index contributed by atoms with van der Waals surface area (Å²) in [6.07, 6.45) is 0. The lowest BCUT2D eigenvalue weighted by atomic mass is 10.1. The molecule has 0 atom stereocenters. The number of hydrogen-bond acceptors (Lipinski definition) is 2. The van der Waals surface area contributed by atoms with Crippen molar-refractivity contribution in [2.75, 3.05) is 11.9 Å². The van der Waals surface area contributed by atoms with Crippen LogP contribution in [0.5, 0.6) is 0 Å². The van der Waals surface area contributed by atoms with Gasteiger partial charge in [0.25, 0.3) is 0 Å². The maximum atomic E-state index is 14.0. The third kappa shape index (κ3) is 2.93. The maximum absolute atomic E-state index is 14.0. The van der Waals surface area contributed by atoms with E-state index in [4.69, 9.17) is 5.73 Å². The van der Waals surface area contributed by atoms with Crippen molar-refractivity contribution >= 4 is 22.9 Å². The Labute approximate surface area is 121 Å². The molecule has 20 heavy (non-hydrogen) atoms. The summed E-state index contributed by atoms with van der Waals surface area (Å²) in [5.74, 6) is -1.94. The summed E-state index contributed by atoms with van der Waals surface area (Å²) >= 11 is 4.68. The number of nitrogens with zero attached hydrogens (tertiary/aromatic N) is 1. The van der Waals surface area contributed by atoms with E-state index in [1.165, 1.54) is 12.1 Å². The fraction of sp³-hybridized carbons (Fsp3) is 0.133. The largest absolute Gasteiger partial charge is 0.389 e. The SMILES string of the molecule is CN(Cc1ccccc1)c1ccc(C(N)=S)c(F)c1F. The first-order chi connectivity index (χ1) is 9.50. The first kappa shape index (κ1) is 14.4. The minimum Gasteiger partial charge on any atom is -0.389 e.